The van der Waals surface area contributed by atoms with Gasteiger partial charge in [-0.25, -0.2) is 9.78 Å². The Bertz CT molecular complexity index is 777. The smallest absolute Gasteiger partial charge is 0.410 e. The first kappa shape index (κ1) is 18.4. The van der Waals surface area contributed by atoms with Crippen molar-refractivity contribution in [3.63, 3.8) is 0 Å². The predicted molar refractivity (Wildman–Crippen MR) is 100 cm³/mol. The lowest BCUT2D eigenvalue weighted by molar-refractivity contribution is 0.0164. The number of ether oxygens (including phenoxy) is 2. The lowest BCUT2D eigenvalue weighted by atomic mass is 9.98. The molecule has 1 aromatic heterocycles. The van der Waals surface area contributed by atoms with Crippen LogP contribution in [0.1, 0.15) is 39.4 Å². The molecule has 0 spiro atoms. The number of hydrogen-bond acceptors (Lipinski definition) is 5. The Balaban J connectivity index is 1.55. The summed E-state index contributed by atoms with van der Waals surface area (Å²) in [6.45, 7) is 9.54. The number of carbonyl (C=O) groups is 1. The Hall–Kier alpha value is -2.37. The second kappa shape index (κ2) is 7.48. The summed E-state index contributed by atoms with van der Waals surface area (Å²) in [5.41, 5.74) is 0.443. The van der Waals surface area contributed by atoms with Gasteiger partial charge < -0.3 is 14.4 Å². The normalized spacial score (nSPS) is 15.9. The number of piperidine rings is 1. The second-order valence-corrected chi connectivity index (χ2v) is 7.81. The van der Waals surface area contributed by atoms with Crippen LogP contribution in [0, 0.1) is 12.8 Å². The highest BCUT2D eigenvalue weighted by molar-refractivity contribution is 5.83. The number of hydrogen-bond donors (Lipinski definition) is 0. The van der Waals surface area contributed by atoms with Gasteiger partial charge in [0.2, 0.25) is 5.88 Å². The number of nitrogens with zero attached hydrogens (tertiary/aromatic N) is 3. The van der Waals surface area contributed by atoms with Gasteiger partial charge in [-0.05, 0) is 58.6 Å². The van der Waals surface area contributed by atoms with Crippen molar-refractivity contribution in [2.75, 3.05) is 19.7 Å². The summed E-state index contributed by atoms with van der Waals surface area (Å²) in [5, 5.41) is 0.935. The van der Waals surface area contributed by atoms with E-state index in [1.807, 2.05) is 52.0 Å². The van der Waals surface area contributed by atoms with Crippen LogP contribution in [0.4, 0.5) is 4.79 Å². The van der Waals surface area contributed by atoms with E-state index in [2.05, 4.69) is 9.97 Å². The van der Waals surface area contributed by atoms with Crippen molar-refractivity contribution in [1.82, 2.24) is 14.9 Å². The average molecular weight is 357 g/mol. The molecule has 6 heteroatoms. The summed E-state index contributed by atoms with van der Waals surface area (Å²) in [4.78, 5) is 22.8. The van der Waals surface area contributed by atoms with Crippen molar-refractivity contribution in [2.45, 2.75) is 46.1 Å². The molecule has 1 fully saturated rings. The molecule has 6 nitrogen and oxygen atoms in total. The number of para-hydroxylation sites is 1. The van der Waals surface area contributed by atoms with E-state index in [9.17, 15) is 4.79 Å². The van der Waals surface area contributed by atoms with E-state index < -0.39 is 5.60 Å². The Morgan fingerprint density at radius 3 is 2.58 bits per heavy atom. The van der Waals surface area contributed by atoms with Crippen LogP contribution in [0.2, 0.25) is 0 Å². The van der Waals surface area contributed by atoms with Crippen LogP contribution in [0.25, 0.3) is 10.9 Å². The fourth-order valence-electron chi connectivity index (χ4n) is 3.07. The van der Waals surface area contributed by atoms with E-state index in [4.69, 9.17) is 9.47 Å². The number of likely N-dealkylation sites (tertiary alicyclic amines) is 1. The Morgan fingerprint density at radius 2 is 1.88 bits per heavy atom. The number of rotatable bonds is 3. The maximum absolute atomic E-state index is 12.1. The lowest BCUT2D eigenvalue weighted by Crippen LogP contribution is -2.42. The number of benzene rings is 1. The highest BCUT2D eigenvalue weighted by Crippen LogP contribution is 2.25. The molecular weight excluding hydrogens is 330 g/mol. The maximum atomic E-state index is 12.1. The molecule has 2 heterocycles. The molecule has 0 saturated carbocycles. The molecular formula is C20H27N3O3. The van der Waals surface area contributed by atoms with Gasteiger partial charge in [0.05, 0.1) is 17.5 Å². The Labute approximate surface area is 154 Å². The fraction of sp³-hybridized carbons (Fsp3) is 0.550. The first-order valence-corrected chi connectivity index (χ1v) is 9.16. The van der Waals surface area contributed by atoms with Crippen molar-refractivity contribution in [2.24, 2.45) is 5.92 Å². The minimum absolute atomic E-state index is 0.228. The van der Waals surface area contributed by atoms with Gasteiger partial charge in [-0.2, -0.15) is 4.98 Å². The monoisotopic (exact) mass is 357 g/mol. The zero-order chi connectivity index (χ0) is 18.7. The second-order valence-electron chi connectivity index (χ2n) is 7.81. The van der Waals surface area contributed by atoms with E-state index in [0.29, 0.717) is 37.3 Å². The van der Waals surface area contributed by atoms with Crippen LogP contribution < -0.4 is 4.74 Å². The number of amides is 1. The van der Waals surface area contributed by atoms with Crippen LogP contribution >= 0.6 is 0 Å². The van der Waals surface area contributed by atoms with Gasteiger partial charge in [0.1, 0.15) is 11.4 Å². The topological polar surface area (TPSA) is 64.5 Å². The molecule has 1 saturated heterocycles. The highest BCUT2D eigenvalue weighted by Gasteiger charge is 2.27. The predicted octanol–water partition coefficient (Wildman–Crippen LogP) is 3.96. The first-order chi connectivity index (χ1) is 12.3. The highest BCUT2D eigenvalue weighted by atomic mass is 16.6. The van der Waals surface area contributed by atoms with Crippen molar-refractivity contribution in [1.29, 1.82) is 0 Å². The van der Waals surface area contributed by atoms with E-state index in [1.165, 1.54) is 0 Å². The molecule has 1 aliphatic heterocycles. The van der Waals surface area contributed by atoms with Gasteiger partial charge in [0.25, 0.3) is 0 Å². The number of aryl methyl sites for hydroxylation is 1. The maximum Gasteiger partial charge on any atom is 0.410 e. The Morgan fingerprint density at radius 1 is 1.19 bits per heavy atom. The number of carbonyl (C=O) groups excluding carboxylic acids is 1. The third-order valence-electron chi connectivity index (χ3n) is 4.40. The molecule has 140 valence electrons. The first-order valence-electron chi connectivity index (χ1n) is 9.16. The molecule has 0 radical (unpaired) electrons. The standard InChI is InChI=1S/C20H27N3O3/c1-14-21-17-8-6-5-7-16(17)18(22-14)25-13-15-9-11-23(12-10-15)19(24)26-20(2,3)4/h5-8,15H,9-13H2,1-4H3. The molecule has 0 bridgehead atoms. The van der Waals surface area contributed by atoms with Crippen LogP contribution in [-0.4, -0.2) is 46.3 Å². The SMILES string of the molecule is Cc1nc(OCC2CCN(C(=O)OC(C)(C)C)CC2)c2ccccc2n1. The van der Waals surface area contributed by atoms with Gasteiger partial charge in [0, 0.05) is 13.1 Å². The summed E-state index contributed by atoms with van der Waals surface area (Å²) in [7, 11) is 0. The summed E-state index contributed by atoms with van der Waals surface area (Å²) >= 11 is 0. The molecule has 0 unspecified atom stereocenters. The minimum Gasteiger partial charge on any atom is -0.477 e. The summed E-state index contributed by atoms with van der Waals surface area (Å²) in [6, 6.07) is 7.88. The van der Waals surface area contributed by atoms with Gasteiger partial charge >= 0.3 is 6.09 Å². The summed E-state index contributed by atoms with van der Waals surface area (Å²) in [5.74, 6) is 1.75. The van der Waals surface area contributed by atoms with Crippen molar-refractivity contribution in [3.05, 3.63) is 30.1 Å². The third kappa shape index (κ3) is 4.62. The summed E-state index contributed by atoms with van der Waals surface area (Å²) < 4.78 is 11.5. The third-order valence-corrected chi connectivity index (χ3v) is 4.40. The number of aromatic nitrogens is 2. The van der Waals surface area contributed by atoms with Crippen molar-refractivity contribution >= 4 is 17.0 Å². The van der Waals surface area contributed by atoms with E-state index in [1.54, 1.807) is 4.90 Å². The van der Waals surface area contributed by atoms with Crippen molar-refractivity contribution in [3.8, 4) is 5.88 Å². The molecule has 1 aromatic carbocycles. The van der Waals surface area contributed by atoms with Gasteiger partial charge in [-0.1, -0.05) is 12.1 Å². The quantitative estimate of drug-likeness (QED) is 0.832. The van der Waals surface area contributed by atoms with Crippen LogP contribution in [-0.2, 0) is 4.74 Å². The van der Waals surface area contributed by atoms with Crippen molar-refractivity contribution < 1.29 is 14.3 Å². The zero-order valence-corrected chi connectivity index (χ0v) is 16.0. The molecule has 26 heavy (non-hydrogen) atoms. The summed E-state index contributed by atoms with van der Waals surface area (Å²) in [6.07, 6.45) is 1.58. The van der Waals surface area contributed by atoms with Gasteiger partial charge in [-0.3, -0.25) is 0 Å². The van der Waals surface area contributed by atoms with Gasteiger partial charge in [-0.15, -0.1) is 0 Å². The largest absolute Gasteiger partial charge is 0.477 e. The molecule has 0 aliphatic carbocycles. The molecule has 0 N–H and O–H groups in total. The fourth-order valence-corrected chi connectivity index (χ4v) is 3.07. The van der Waals surface area contributed by atoms with Gasteiger partial charge in [0.15, 0.2) is 0 Å². The van der Waals surface area contributed by atoms with E-state index in [0.717, 1.165) is 23.7 Å². The molecule has 2 aromatic rings. The Kier molecular flexibility index (Phi) is 5.30. The average Bonchev–Trinajstić information content (AvgIpc) is 2.58. The van der Waals surface area contributed by atoms with Crippen LogP contribution in [0.3, 0.4) is 0 Å². The zero-order valence-electron chi connectivity index (χ0n) is 16.0. The molecule has 3 rings (SSSR count). The van der Waals surface area contributed by atoms with Crippen LogP contribution in [0.15, 0.2) is 24.3 Å². The number of fused-ring (bicyclic) bond motifs is 1. The lowest BCUT2D eigenvalue weighted by Gasteiger charge is -2.33. The van der Waals surface area contributed by atoms with E-state index in [-0.39, 0.29) is 6.09 Å². The molecule has 1 amide bonds. The molecule has 1 aliphatic rings. The van der Waals surface area contributed by atoms with E-state index >= 15 is 0 Å². The molecule has 0 atom stereocenters. The van der Waals surface area contributed by atoms with Crippen LogP contribution in [0.5, 0.6) is 5.88 Å². The minimum atomic E-state index is -0.455.